The van der Waals surface area contributed by atoms with E-state index in [2.05, 4.69) is 25.7 Å². The van der Waals surface area contributed by atoms with Crippen molar-refractivity contribution in [2.24, 2.45) is 40.9 Å². The normalized spacial score (nSPS) is 50.4. The molecule has 1 saturated heterocycles. The molecule has 9 atom stereocenters. The number of methoxy groups -OCH3 is 1. The Morgan fingerprint density at radius 1 is 1.03 bits per heavy atom. The second-order valence-corrected chi connectivity index (χ2v) is 12.4. The summed E-state index contributed by atoms with van der Waals surface area (Å²) in [5.41, 5.74) is 0.359. The first-order chi connectivity index (χ1) is 14.8. The summed E-state index contributed by atoms with van der Waals surface area (Å²) in [4.78, 5) is 15.8. The molecule has 0 amide bonds. The molecule has 1 aliphatic heterocycles. The van der Waals surface area contributed by atoms with E-state index in [0.29, 0.717) is 12.3 Å². The maximum absolute atomic E-state index is 13.5. The Bertz CT molecular complexity index is 681. The molecule has 0 aromatic rings. The van der Waals surface area contributed by atoms with Crippen LogP contribution in [0.5, 0.6) is 0 Å². The zero-order chi connectivity index (χ0) is 21.8. The molecule has 0 bridgehead atoms. The van der Waals surface area contributed by atoms with Crippen molar-refractivity contribution in [3.8, 4) is 0 Å². The van der Waals surface area contributed by atoms with Crippen LogP contribution in [-0.4, -0.2) is 55.7 Å². The number of nitrogens with zero attached hydrogens (tertiary/aromatic N) is 1. The van der Waals surface area contributed by atoms with Gasteiger partial charge >= 0.3 is 0 Å². The van der Waals surface area contributed by atoms with E-state index in [1.807, 2.05) is 7.11 Å². The number of ether oxygens (including phenoxy) is 2. The molecule has 5 fully saturated rings. The Labute approximate surface area is 189 Å². The topological polar surface area (TPSA) is 38.8 Å². The second-order valence-electron chi connectivity index (χ2n) is 12.4. The Morgan fingerprint density at radius 2 is 1.84 bits per heavy atom. The summed E-state index contributed by atoms with van der Waals surface area (Å²) in [6.07, 6.45) is 12.0. The fraction of sp³-hybridized carbons (Fsp3) is 0.963. The van der Waals surface area contributed by atoms with Crippen LogP contribution < -0.4 is 0 Å². The predicted octanol–water partition coefficient (Wildman–Crippen LogP) is 4.95. The van der Waals surface area contributed by atoms with Gasteiger partial charge in [0, 0.05) is 26.1 Å². The zero-order valence-corrected chi connectivity index (χ0v) is 20.4. The van der Waals surface area contributed by atoms with Crippen molar-refractivity contribution in [3.63, 3.8) is 0 Å². The number of carbonyl (C=O) groups excluding carboxylic acids is 1. The quantitative estimate of drug-likeness (QED) is 0.631. The third-order valence-electron chi connectivity index (χ3n) is 10.8. The summed E-state index contributed by atoms with van der Waals surface area (Å²) in [7, 11) is 1.91. The van der Waals surface area contributed by atoms with E-state index in [1.165, 1.54) is 51.4 Å². The first kappa shape index (κ1) is 22.3. The zero-order valence-electron chi connectivity index (χ0n) is 20.4. The summed E-state index contributed by atoms with van der Waals surface area (Å²) in [6.45, 7) is 10.2. The first-order valence-electron chi connectivity index (χ1n) is 13.2. The van der Waals surface area contributed by atoms with Crippen molar-refractivity contribution in [2.45, 2.75) is 90.3 Å². The van der Waals surface area contributed by atoms with Crippen LogP contribution in [0.4, 0.5) is 0 Å². The number of fused-ring (bicyclic) bond motifs is 5. The molecule has 176 valence electrons. The van der Waals surface area contributed by atoms with E-state index < -0.39 is 0 Å². The van der Waals surface area contributed by atoms with Gasteiger partial charge in [-0.2, -0.15) is 0 Å². The van der Waals surface area contributed by atoms with Gasteiger partial charge in [-0.1, -0.05) is 6.92 Å². The average molecular weight is 432 g/mol. The Kier molecular flexibility index (Phi) is 6.06. The van der Waals surface area contributed by atoms with Gasteiger partial charge < -0.3 is 9.47 Å². The van der Waals surface area contributed by atoms with Gasteiger partial charge in [-0.25, -0.2) is 0 Å². The number of ketones is 1. The largest absolute Gasteiger partial charge is 0.379 e. The van der Waals surface area contributed by atoms with Crippen molar-refractivity contribution >= 4 is 5.78 Å². The number of hydrogen-bond donors (Lipinski definition) is 0. The number of hydrogen-bond acceptors (Lipinski definition) is 4. The first-order valence-corrected chi connectivity index (χ1v) is 13.2. The van der Waals surface area contributed by atoms with E-state index in [4.69, 9.17) is 9.47 Å². The van der Waals surface area contributed by atoms with Crippen LogP contribution in [-0.2, 0) is 14.3 Å². The van der Waals surface area contributed by atoms with Crippen molar-refractivity contribution in [1.29, 1.82) is 0 Å². The van der Waals surface area contributed by atoms with Crippen LogP contribution >= 0.6 is 0 Å². The highest BCUT2D eigenvalue weighted by molar-refractivity contribution is 5.84. The highest BCUT2D eigenvalue weighted by Gasteiger charge is 2.58. The van der Waals surface area contributed by atoms with Crippen LogP contribution in [0, 0.1) is 40.9 Å². The van der Waals surface area contributed by atoms with Crippen LogP contribution in [0.3, 0.4) is 0 Å². The summed E-state index contributed by atoms with van der Waals surface area (Å²) in [5, 5.41) is 0. The summed E-state index contributed by atoms with van der Waals surface area (Å²) < 4.78 is 11.6. The molecular weight excluding hydrogens is 386 g/mol. The summed E-state index contributed by atoms with van der Waals surface area (Å²) in [5.74, 6) is 5.15. The predicted molar refractivity (Wildman–Crippen MR) is 123 cm³/mol. The number of morpholine rings is 1. The lowest BCUT2D eigenvalue weighted by atomic mass is 9.49. The van der Waals surface area contributed by atoms with Gasteiger partial charge in [0.05, 0.1) is 24.9 Å². The van der Waals surface area contributed by atoms with Gasteiger partial charge in [0.1, 0.15) is 5.78 Å². The molecule has 5 rings (SSSR count). The molecule has 5 aliphatic rings. The SMILES string of the molecule is COC1(C)CCC2C(CCC3C2CCC2(C)C(C(=O)CN4CCOC(C)C4)CCC32)C1. The lowest BCUT2D eigenvalue weighted by molar-refractivity contribution is -0.136. The fourth-order valence-electron chi connectivity index (χ4n) is 9.14. The summed E-state index contributed by atoms with van der Waals surface area (Å²) >= 11 is 0. The molecule has 1 heterocycles. The van der Waals surface area contributed by atoms with Crippen LogP contribution in [0.1, 0.15) is 78.6 Å². The van der Waals surface area contributed by atoms with Gasteiger partial charge in [-0.3, -0.25) is 9.69 Å². The van der Waals surface area contributed by atoms with E-state index in [0.717, 1.165) is 55.7 Å². The van der Waals surface area contributed by atoms with E-state index >= 15 is 0 Å². The lowest BCUT2D eigenvalue weighted by Crippen LogP contribution is -2.52. The third-order valence-corrected chi connectivity index (χ3v) is 10.8. The third kappa shape index (κ3) is 3.93. The molecule has 0 spiro atoms. The molecule has 4 saturated carbocycles. The molecule has 0 aromatic heterocycles. The Hall–Kier alpha value is -0.450. The van der Waals surface area contributed by atoms with Gasteiger partial charge in [-0.05, 0) is 107 Å². The molecule has 4 nitrogen and oxygen atoms in total. The van der Waals surface area contributed by atoms with Crippen LogP contribution in [0.25, 0.3) is 0 Å². The molecule has 9 unspecified atom stereocenters. The van der Waals surface area contributed by atoms with Crippen molar-refractivity contribution in [1.82, 2.24) is 4.90 Å². The molecule has 0 N–H and O–H groups in total. The van der Waals surface area contributed by atoms with E-state index in [1.54, 1.807) is 0 Å². The molecule has 0 aromatic carbocycles. The average Bonchev–Trinajstić information content (AvgIpc) is 3.11. The maximum atomic E-state index is 13.5. The van der Waals surface area contributed by atoms with Crippen LogP contribution in [0.15, 0.2) is 0 Å². The molecule has 0 radical (unpaired) electrons. The van der Waals surface area contributed by atoms with E-state index in [9.17, 15) is 4.79 Å². The molecular formula is C27H45NO3. The minimum atomic E-state index is 0.110. The van der Waals surface area contributed by atoms with Gasteiger partial charge in [-0.15, -0.1) is 0 Å². The molecule has 4 aliphatic carbocycles. The number of rotatable bonds is 4. The molecule has 31 heavy (non-hydrogen) atoms. The monoisotopic (exact) mass is 431 g/mol. The van der Waals surface area contributed by atoms with Crippen LogP contribution in [0.2, 0.25) is 0 Å². The Balaban J connectivity index is 1.26. The highest BCUT2D eigenvalue weighted by atomic mass is 16.5. The van der Waals surface area contributed by atoms with E-state index in [-0.39, 0.29) is 23.0 Å². The minimum Gasteiger partial charge on any atom is -0.379 e. The van der Waals surface area contributed by atoms with Gasteiger partial charge in [0.15, 0.2) is 0 Å². The van der Waals surface area contributed by atoms with Crippen molar-refractivity contribution in [2.75, 3.05) is 33.4 Å². The smallest absolute Gasteiger partial charge is 0.150 e. The van der Waals surface area contributed by atoms with Gasteiger partial charge in [0.2, 0.25) is 0 Å². The fourth-order valence-corrected chi connectivity index (χ4v) is 9.14. The molecule has 4 heteroatoms. The van der Waals surface area contributed by atoms with Gasteiger partial charge in [0.25, 0.3) is 0 Å². The lowest BCUT2D eigenvalue weighted by Gasteiger charge is -2.57. The maximum Gasteiger partial charge on any atom is 0.150 e. The highest BCUT2D eigenvalue weighted by Crippen LogP contribution is 2.64. The number of carbonyl (C=O) groups is 1. The second kappa shape index (κ2) is 8.40. The standard InChI is InChI=1S/C27H45NO3/c1-18-16-28(13-14-31-18)17-25(29)24-8-7-23-22-6-5-19-15-26(2,30-4)11-9-20(19)21(22)10-12-27(23,24)3/h18-24H,5-17H2,1-4H3. The van der Waals surface area contributed by atoms with Crippen molar-refractivity contribution < 1.29 is 14.3 Å². The Morgan fingerprint density at radius 3 is 2.61 bits per heavy atom. The van der Waals surface area contributed by atoms with Crippen molar-refractivity contribution in [3.05, 3.63) is 0 Å². The minimum absolute atomic E-state index is 0.110. The number of Topliss-reactive ketones (excluding diaryl/α,β-unsaturated/α-hetero) is 1. The summed E-state index contributed by atoms with van der Waals surface area (Å²) in [6, 6.07) is 0.